The predicted molar refractivity (Wildman–Crippen MR) is 84.4 cm³/mol. The molecule has 1 heterocycles. The van der Waals surface area contributed by atoms with Gasteiger partial charge in [-0.1, -0.05) is 19.9 Å². The molecule has 0 aliphatic rings. The molecule has 0 bridgehead atoms. The molecule has 114 valence electrons. The number of nitrogens with one attached hydrogen (secondary N) is 1. The number of hydrogen-bond donors (Lipinski definition) is 2. The van der Waals surface area contributed by atoms with Gasteiger partial charge in [-0.2, -0.15) is 0 Å². The summed E-state index contributed by atoms with van der Waals surface area (Å²) in [5.41, 5.74) is 6.29. The average Bonchev–Trinajstić information content (AvgIpc) is 2.52. The van der Waals surface area contributed by atoms with Crippen LogP contribution in [0.2, 0.25) is 0 Å². The normalized spacial score (nSPS) is 12.7. The van der Waals surface area contributed by atoms with Crippen molar-refractivity contribution in [2.24, 2.45) is 5.73 Å². The van der Waals surface area contributed by atoms with Gasteiger partial charge in [0, 0.05) is 23.7 Å². The van der Waals surface area contributed by atoms with Gasteiger partial charge >= 0.3 is 0 Å². The highest BCUT2D eigenvalue weighted by Crippen LogP contribution is 2.21. The van der Waals surface area contributed by atoms with E-state index in [0.29, 0.717) is 23.7 Å². The molecule has 6 heteroatoms. The lowest BCUT2D eigenvalue weighted by Gasteiger charge is -2.26. The number of pyridine rings is 1. The number of rotatable bonds is 6. The highest BCUT2D eigenvalue weighted by molar-refractivity contribution is 7.89. The molecule has 2 rings (SSSR count). The van der Waals surface area contributed by atoms with Gasteiger partial charge < -0.3 is 5.73 Å². The van der Waals surface area contributed by atoms with Gasteiger partial charge in [0.05, 0.1) is 10.4 Å². The number of nitrogens with zero attached hydrogens (tertiary/aromatic N) is 1. The highest BCUT2D eigenvalue weighted by atomic mass is 32.2. The summed E-state index contributed by atoms with van der Waals surface area (Å²) in [6, 6.07) is 8.56. The SMILES string of the molecule is CCC(N)(CC)CNS(=O)(=O)c1cccc2ncccc12. The van der Waals surface area contributed by atoms with Crippen molar-refractivity contribution in [3.05, 3.63) is 36.5 Å². The van der Waals surface area contributed by atoms with E-state index in [1.807, 2.05) is 13.8 Å². The molecule has 0 aliphatic carbocycles. The fraction of sp³-hybridized carbons (Fsp3) is 0.400. The molecule has 0 amide bonds. The molecule has 0 unspecified atom stereocenters. The molecule has 0 spiro atoms. The lowest BCUT2D eigenvalue weighted by Crippen LogP contribution is -2.49. The van der Waals surface area contributed by atoms with Crippen LogP contribution < -0.4 is 10.5 Å². The van der Waals surface area contributed by atoms with Crippen molar-refractivity contribution in [3.63, 3.8) is 0 Å². The van der Waals surface area contributed by atoms with Crippen molar-refractivity contribution in [2.45, 2.75) is 37.1 Å². The van der Waals surface area contributed by atoms with Crippen LogP contribution >= 0.6 is 0 Å². The van der Waals surface area contributed by atoms with Crippen LogP contribution in [-0.4, -0.2) is 25.5 Å². The molecule has 0 aliphatic heterocycles. The van der Waals surface area contributed by atoms with Crippen molar-refractivity contribution in [1.82, 2.24) is 9.71 Å². The maximum Gasteiger partial charge on any atom is 0.241 e. The van der Waals surface area contributed by atoms with Crippen molar-refractivity contribution in [3.8, 4) is 0 Å². The third kappa shape index (κ3) is 3.40. The fourth-order valence-corrected chi connectivity index (χ4v) is 3.48. The Labute approximate surface area is 125 Å². The average molecular weight is 307 g/mol. The van der Waals surface area contributed by atoms with Gasteiger partial charge in [0.15, 0.2) is 0 Å². The molecule has 5 nitrogen and oxygen atoms in total. The first-order chi connectivity index (χ1) is 9.92. The smallest absolute Gasteiger partial charge is 0.241 e. The van der Waals surface area contributed by atoms with Crippen LogP contribution in [0.3, 0.4) is 0 Å². The van der Waals surface area contributed by atoms with E-state index in [1.165, 1.54) is 0 Å². The van der Waals surface area contributed by atoms with Crippen LogP contribution in [0.1, 0.15) is 26.7 Å². The van der Waals surface area contributed by atoms with Gasteiger partial charge in [0.25, 0.3) is 0 Å². The Bertz CT molecular complexity index is 719. The van der Waals surface area contributed by atoms with Crippen molar-refractivity contribution in [1.29, 1.82) is 0 Å². The van der Waals surface area contributed by atoms with E-state index in [2.05, 4.69) is 9.71 Å². The highest BCUT2D eigenvalue weighted by Gasteiger charge is 2.25. The van der Waals surface area contributed by atoms with Gasteiger partial charge in [-0.15, -0.1) is 0 Å². The summed E-state index contributed by atoms with van der Waals surface area (Å²) in [6.45, 7) is 4.14. The molecular formula is C15H21N3O2S. The third-order valence-corrected chi connectivity index (χ3v) is 5.38. The van der Waals surface area contributed by atoms with Gasteiger partial charge in [-0.05, 0) is 37.1 Å². The Morgan fingerprint density at radius 1 is 1.19 bits per heavy atom. The minimum absolute atomic E-state index is 0.221. The van der Waals surface area contributed by atoms with E-state index in [-0.39, 0.29) is 11.4 Å². The molecule has 1 aromatic heterocycles. The summed E-state index contributed by atoms with van der Waals surface area (Å²) in [5.74, 6) is 0. The largest absolute Gasteiger partial charge is 0.324 e. The number of aromatic nitrogens is 1. The van der Waals surface area contributed by atoms with Gasteiger partial charge in [-0.25, -0.2) is 13.1 Å². The van der Waals surface area contributed by atoms with Gasteiger partial charge in [0.1, 0.15) is 0 Å². The summed E-state index contributed by atoms with van der Waals surface area (Å²) in [5, 5.41) is 0.614. The van der Waals surface area contributed by atoms with E-state index >= 15 is 0 Å². The number of fused-ring (bicyclic) bond motifs is 1. The number of nitrogens with two attached hydrogens (primary N) is 1. The Kier molecular flexibility index (Phi) is 4.61. The standard InChI is InChI=1S/C15H21N3O2S/c1-3-15(16,4-2)11-18-21(19,20)14-9-5-8-13-12(14)7-6-10-17-13/h5-10,18H,3-4,11,16H2,1-2H3. The molecule has 0 saturated heterocycles. The van der Waals surface area contributed by atoms with Gasteiger partial charge in [-0.3, -0.25) is 4.98 Å². The maximum atomic E-state index is 12.5. The van der Waals surface area contributed by atoms with E-state index in [4.69, 9.17) is 5.73 Å². The molecule has 3 N–H and O–H groups in total. The van der Waals surface area contributed by atoms with E-state index in [9.17, 15) is 8.42 Å². The van der Waals surface area contributed by atoms with Crippen LogP contribution in [0.5, 0.6) is 0 Å². The summed E-state index contributed by atoms with van der Waals surface area (Å²) in [7, 11) is -3.61. The second-order valence-corrected chi connectivity index (χ2v) is 6.96. The predicted octanol–water partition coefficient (Wildman–Crippen LogP) is 2.03. The second kappa shape index (κ2) is 6.09. The zero-order valence-corrected chi connectivity index (χ0v) is 13.2. The molecule has 2 aromatic rings. The van der Waals surface area contributed by atoms with E-state index in [0.717, 1.165) is 0 Å². The molecule has 21 heavy (non-hydrogen) atoms. The monoisotopic (exact) mass is 307 g/mol. The van der Waals surface area contributed by atoms with Crippen LogP contribution in [0, 0.1) is 0 Å². The molecule has 0 radical (unpaired) electrons. The number of sulfonamides is 1. The zero-order chi connectivity index (χ0) is 15.5. The zero-order valence-electron chi connectivity index (χ0n) is 12.3. The Hall–Kier alpha value is -1.50. The van der Waals surface area contributed by atoms with Crippen LogP contribution in [-0.2, 0) is 10.0 Å². The minimum Gasteiger partial charge on any atom is -0.324 e. The van der Waals surface area contributed by atoms with E-state index < -0.39 is 15.6 Å². The van der Waals surface area contributed by atoms with Crippen LogP contribution in [0.15, 0.2) is 41.4 Å². The van der Waals surface area contributed by atoms with Crippen LogP contribution in [0.4, 0.5) is 0 Å². The first-order valence-corrected chi connectivity index (χ1v) is 8.52. The van der Waals surface area contributed by atoms with Crippen molar-refractivity contribution >= 4 is 20.9 Å². The molecule has 0 fully saturated rings. The summed E-state index contributed by atoms with van der Waals surface area (Å²) < 4.78 is 27.7. The molecule has 0 saturated carbocycles. The summed E-state index contributed by atoms with van der Waals surface area (Å²) >= 11 is 0. The first-order valence-electron chi connectivity index (χ1n) is 7.04. The Morgan fingerprint density at radius 2 is 1.90 bits per heavy atom. The minimum atomic E-state index is -3.61. The Balaban J connectivity index is 2.35. The van der Waals surface area contributed by atoms with Crippen molar-refractivity contribution in [2.75, 3.05) is 6.54 Å². The lowest BCUT2D eigenvalue weighted by molar-refractivity contribution is 0.392. The van der Waals surface area contributed by atoms with Gasteiger partial charge in [0.2, 0.25) is 10.0 Å². The summed E-state index contributed by atoms with van der Waals surface area (Å²) in [6.07, 6.45) is 3.07. The Morgan fingerprint density at radius 3 is 2.57 bits per heavy atom. The number of hydrogen-bond acceptors (Lipinski definition) is 4. The third-order valence-electron chi connectivity index (χ3n) is 3.92. The van der Waals surface area contributed by atoms with Crippen molar-refractivity contribution < 1.29 is 8.42 Å². The quantitative estimate of drug-likeness (QED) is 0.855. The summed E-state index contributed by atoms with van der Waals surface area (Å²) in [4.78, 5) is 4.42. The fourth-order valence-electron chi connectivity index (χ4n) is 2.13. The molecular weight excluding hydrogens is 286 g/mol. The van der Waals surface area contributed by atoms with Crippen LogP contribution in [0.25, 0.3) is 10.9 Å². The molecule has 0 atom stereocenters. The lowest BCUT2D eigenvalue weighted by atomic mass is 9.95. The topological polar surface area (TPSA) is 85.1 Å². The maximum absolute atomic E-state index is 12.5. The molecule has 1 aromatic carbocycles. The van der Waals surface area contributed by atoms with E-state index in [1.54, 1.807) is 36.5 Å². The first kappa shape index (κ1) is 15.9. The number of benzene rings is 1. The second-order valence-electron chi connectivity index (χ2n) is 5.22.